The van der Waals surface area contributed by atoms with E-state index in [4.69, 9.17) is 16.0 Å². The summed E-state index contributed by atoms with van der Waals surface area (Å²) in [5, 5.41) is 8.71. The first-order valence-corrected chi connectivity index (χ1v) is 7.43. The molecule has 4 nitrogen and oxygen atoms in total. The van der Waals surface area contributed by atoms with E-state index in [9.17, 15) is 0 Å². The van der Waals surface area contributed by atoms with E-state index < -0.39 is 0 Å². The Hall–Kier alpha value is -1.26. The van der Waals surface area contributed by atoms with Crippen molar-refractivity contribution in [1.82, 2.24) is 15.1 Å². The summed E-state index contributed by atoms with van der Waals surface area (Å²) in [7, 11) is 1.94. The van der Waals surface area contributed by atoms with Crippen LogP contribution in [0.25, 0.3) is 0 Å². The standard InChI is InChI=1S/C15H22ClN3O/c1-5-11-14(16)13(19(4)18-11)9-12(17-6-2)15-10(3)7-8-20-15/h7-8,12,17H,5-6,9H2,1-4H3. The summed E-state index contributed by atoms with van der Waals surface area (Å²) in [6.07, 6.45) is 3.35. The Morgan fingerprint density at radius 1 is 1.45 bits per heavy atom. The van der Waals surface area contributed by atoms with Crippen LogP contribution in [-0.4, -0.2) is 16.3 Å². The Morgan fingerprint density at radius 3 is 2.70 bits per heavy atom. The molecule has 0 fully saturated rings. The molecule has 0 radical (unpaired) electrons. The van der Waals surface area contributed by atoms with Gasteiger partial charge in [-0.05, 0) is 31.5 Å². The van der Waals surface area contributed by atoms with Gasteiger partial charge in [0.25, 0.3) is 0 Å². The van der Waals surface area contributed by atoms with Gasteiger partial charge in [-0.15, -0.1) is 0 Å². The van der Waals surface area contributed by atoms with E-state index in [0.717, 1.165) is 47.1 Å². The van der Waals surface area contributed by atoms with Gasteiger partial charge in [0.05, 0.1) is 28.7 Å². The lowest BCUT2D eigenvalue weighted by atomic mass is 10.1. The zero-order valence-electron chi connectivity index (χ0n) is 12.5. The molecule has 2 rings (SSSR count). The van der Waals surface area contributed by atoms with Gasteiger partial charge in [0.1, 0.15) is 5.76 Å². The lowest BCUT2D eigenvalue weighted by Crippen LogP contribution is -2.24. The minimum Gasteiger partial charge on any atom is -0.467 e. The number of likely N-dealkylation sites (N-methyl/N-ethyl adjacent to an activating group) is 1. The van der Waals surface area contributed by atoms with Crippen molar-refractivity contribution in [3.05, 3.63) is 40.1 Å². The molecule has 20 heavy (non-hydrogen) atoms. The van der Waals surface area contributed by atoms with Crippen LogP contribution in [0.1, 0.15) is 42.6 Å². The van der Waals surface area contributed by atoms with Crippen LogP contribution in [-0.2, 0) is 19.9 Å². The van der Waals surface area contributed by atoms with Gasteiger partial charge in [-0.1, -0.05) is 25.4 Å². The highest BCUT2D eigenvalue weighted by Crippen LogP contribution is 2.28. The fourth-order valence-electron chi connectivity index (χ4n) is 2.48. The Morgan fingerprint density at radius 2 is 2.20 bits per heavy atom. The second-order valence-corrected chi connectivity index (χ2v) is 5.34. The average Bonchev–Trinajstić information content (AvgIpc) is 2.96. The first kappa shape index (κ1) is 15.1. The molecule has 0 aromatic carbocycles. The summed E-state index contributed by atoms with van der Waals surface area (Å²) in [5.41, 5.74) is 3.16. The van der Waals surface area contributed by atoms with Crippen LogP contribution in [0.15, 0.2) is 16.7 Å². The third-order valence-electron chi connectivity index (χ3n) is 3.57. The number of aromatic nitrogens is 2. The maximum atomic E-state index is 6.43. The van der Waals surface area contributed by atoms with Crippen molar-refractivity contribution >= 4 is 11.6 Å². The third kappa shape index (κ3) is 2.91. The van der Waals surface area contributed by atoms with Crippen LogP contribution in [0, 0.1) is 6.92 Å². The van der Waals surface area contributed by atoms with E-state index in [1.54, 1.807) is 6.26 Å². The number of rotatable bonds is 6. The summed E-state index contributed by atoms with van der Waals surface area (Å²) in [5.74, 6) is 0.974. The van der Waals surface area contributed by atoms with E-state index >= 15 is 0 Å². The van der Waals surface area contributed by atoms with Gasteiger partial charge in [-0.25, -0.2) is 0 Å². The molecule has 0 bridgehead atoms. The highest BCUT2D eigenvalue weighted by Gasteiger charge is 2.21. The van der Waals surface area contributed by atoms with E-state index in [1.807, 2.05) is 17.8 Å². The monoisotopic (exact) mass is 295 g/mol. The summed E-state index contributed by atoms with van der Waals surface area (Å²) in [6, 6.07) is 2.11. The highest BCUT2D eigenvalue weighted by atomic mass is 35.5. The predicted molar refractivity (Wildman–Crippen MR) is 81.2 cm³/mol. The molecule has 5 heteroatoms. The molecular weight excluding hydrogens is 274 g/mol. The first-order valence-electron chi connectivity index (χ1n) is 7.06. The lowest BCUT2D eigenvalue weighted by Gasteiger charge is -2.17. The van der Waals surface area contributed by atoms with Crippen molar-refractivity contribution in [2.75, 3.05) is 6.54 Å². The molecular formula is C15H22ClN3O. The maximum Gasteiger partial charge on any atom is 0.123 e. The van der Waals surface area contributed by atoms with Gasteiger partial charge < -0.3 is 9.73 Å². The Bertz CT molecular complexity index is 574. The summed E-state index contributed by atoms with van der Waals surface area (Å²) >= 11 is 6.43. The topological polar surface area (TPSA) is 43.0 Å². The quantitative estimate of drug-likeness (QED) is 0.888. The molecule has 1 unspecified atom stereocenters. The molecule has 0 amide bonds. The van der Waals surface area contributed by atoms with E-state index in [1.165, 1.54) is 0 Å². The first-order chi connectivity index (χ1) is 9.58. The Kier molecular flexibility index (Phi) is 4.89. The van der Waals surface area contributed by atoms with Crippen LogP contribution in [0.2, 0.25) is 5.02 Å². The predicted octanol–water partition coefficient (Wildman–Crippen LogP) is 3.43. The molecule has 1 N–H and O–H groups in total. The van der Waals surface area contributed by atoms with Gasteiger partial charge in [-0.2, -0.15) is 5.10 Å². The molecule has 0 aliphatic carbocycles. The van der Waals surface area contributed by atoms with Crippen LogP contribution in [0.4, 0.5) is 0 Å². The number of halogens is 1. The molecule has 0 saturated heterocycles. The summed E-state index contributed by atoms with van der Waals surface area (Å²) in [4.78, 5) is 0. The number of aryl methyl sites for hydroxylation is 3. The number of furan rings is 1. The van der Waals surface area contributed by atoms with Crippen molar-refractivity contribution < 1.29 is 4.42 Å². The zero-order chi connectivity index (χ0) is 14.7. The van der Waals surface area contributed by atoms with Crippen molar-refractivity contribution in [2.24, 2.45) is 7.05 Å². The molecule has 0 aliphatic heterocycles. The number of nitrogens with zero attached hydrogens (tertiary/aromatic N) is 2. The zero-order valence-corrected chi connectivity index (χ0v) is 13.3. The Balaban J connectivity index is 2.29. The maximum absolute atomic E-state index is 6.43. The number of hydrogen-bond acceptors (Lipinski definition) is 3. The highest BCUT2D eigenvalue weighted by molar-refractivity contribution is 6.31. The Labute approximate surface area is 125 Å². The summed E-state index contributed by atoms with van der Waals surface area (Å²) < 4.78 is 7.51. The van der Waals surface area contributed by atoms with Gasteiger partial charge in [0.2, 0.25) is 0 Å². The van der Waals surface area contributed by atoms with Gasteiger partial charge in [-0.3, -0.25) is 4.68 Å². The minimum atomic E-state index is 0.118. The second kappa shape index (κ2) is 6.46. The van der Waals surface area contributed by atoms with Crippen LogP contribution < -0.4 is 5.32 Å². The van der Waals surface area contributed by atoms with Crippen LogP contribution >= 0.6 is 11.6 Å². The number of hydrogen-bond donors (Lipinski definition) is 1. The molecule has 2 heterocycles. The minimum absolute atomic E-state index is 0.118. The molecule has 2 aromatic heterocycles. The van der Waals surface area contributed by atoms with Gasteiger partial charge in [0.15, 0.2) is 0 Å². The largest absolute Gasteiger partial charge is 0.467 e. The third-order valence-corrected chi connectivity index (χ3v) is 4.01. The molecule has 110 valence electrons. The van der Waals surface area contributed by atoms with Crippen molar-refractivity contribution in [1.29, 1.82) is 0 Å². The van der Waals surface area contributed by atoms with Crippen molar-refractivity contribution in [3.63, 3.8) is 0 Å². The fourth-order valence-corrected chi connectivity index (χ4v) is 2.85. The van der Waals surface area contributed by atoms with E-state index in [-0.39, 0.29) is 6.04 Å². The van der Waals surface area contributed by atoms with Crippen molar-refractivity contribution in [3.8, 4) is 0 Å². The lowest BCUT2D eigenvalue weighted by molar-refractivity contribution is 0.408. The number of nitrogens with one attached hydrogen (secondary N) is 1. The molecule has 2 aromatic rings. The SMILES string of the molecule is CCNC(Cc1c(Cl)c(CC)nn1C)c1occc1C. The summed E-state index contributed by atoms with van der Waals surface area (Å²) in [6.45, 7) is 7.09. The normalized spacial score (nSPS) is 12.8. The smallest absolute Gasteiger partial charge is 0.123 e. The van der Waals surface area contributed by atoms with Gasteiger partial charge in [0, 0.05) is 13.5 Å². The van der Waals surface area contributed by atoms with Gasteiger partial charge >= 0.3 is 0 Å². The molecule has 0 saturated carbocycles. The molecule has 1 atom stereocenters. The molecule has 0 spiro atoms. The van der Waals surface area contributed by atoms with Crippen LogP contribution in [0.5, 0.6) is 0 Å². The van der Waals surface area contributed by atoms with Crippen molar-refractivity contribution in [2.45, 2.75) is 39.7 Å². The average molecular weight is 296 g/mol. The molecule has 0 aliphatic rings. The fraction of sp³-hybridized carbons (Fsp3) is 0.533. The van der Waals surface area contributed by atoms with E-state index in [0.29, 0.717) is 0 Å². The second-order valence-electron chi connectivity index (χ2n) is 4.97. The van der Waals surface area contributed by atoms with E-state index in [2.05, 4.69) is 31.2 Å². The van der Waals surface area contributed by atoms with Crippen LogP contribution in [0.3, 0.4) is 0 Å².